The van der Waals surface area contributed by atoms with E-state index in [9.17, 15) is 5.11 Å². The monoisotopic (exact) mass is 309 g/mol. The number of azide groups is 1. The van der Waals surface area contributed by atoms with Gasteiger partial charge in [-0.1, -0.05) is 35.4 Å². The van der Waals surface area contributed by atoms with E-state index in [0.29, 0.717) is 0 Å². The summed E-state index contributed by atoms with van der Waals surface area (Å²) in [6.45, 7) is 0.279. The topological polar surface area (TPSA) is 96.7 Å². The smallest absolute Gasteiger partial charge is 0.184 e. The molecule has 0 saturated carbocycles. The van der Waals surface area contributed by atoms with Crippen molar-refractivity contribution in [2.24, 2.45) is 5.11 Å². The Morgan fingerprint density at radius 2 is 2.05 bits per heavy atom. The quantitative estimate of drug-likeness (QED) is 0.377. The Morgan fingerprint density at radius 1 is 1.29 bits per heavy atom. The highest BCUT2D eigenvalue weighted by Crippen LogP contribution is 2.35. The van der Waals surface area contributed by atoms with Crippen LogP contribution in [0.15, 0.2) is 35.4 Å². The summed E-state index contributed by atoms with van der Waals surface area (Å²) < 4.78 is 17.0. The van der Waals surface area contributed by atoms with Crippen LogP contribution in [0.5, 0.6) is 0 Å². The second-order valence-electron chi connectivity index (χ2n) is 4.93. The number of thiol groups is 1. The zero-order valence-corrected chi connectivity index (χ0v) is 11.9. The summed E-state index contributed by atoms with van der Waals surface area (Å²) in [6.07, 6.45) is -2.62. The summed E-state index contributed by atoms with van der Waals surface area (Å²) in [5.74, 6) is 0. The van der Waals surface area contributed by atoms with Gasteiger partial charge in [-0.25, -0.2) is 0 Å². The first-order valence-electron chi connectivity index (χ1n) is 6.58. The maximum atomic E-state index is 10.4. The van der Waals surface area contributed by atoms with Crippen molar-refractivity contribution in [3.63, 3.8) is 0 Å². The molecule has 0 radical (unpaired) electrons. The van der Waals surface area contributed by atoms with Crippen LogP contribution < -0.4 is 0 Å². The Hall–Kier alpha value is -1.28. The van der Waals surface area contributed by atoms with Gasteiger partial charge in [0.05, 0.1) is 12.7 Å². The van der Waals surface area contributed by atoms with Gasteiger partial charge in [-0.3, -0.25) is 0 Å². The van der Waals surface area contributed by atoms with Crippen molar-refractivity contribution in [3.05, 3.63) is 46.3 Å². The molecule has 0 aromatic heterocycles. The Morgan fingerprint density at radius 3 is 2.76 bits per heavy atom. The van der Waals surface area contributed by atoms with Crippen LogP contribution in [0, 0.1) is 0 Å². The van der Waals surface area contributed by atoms with E-state index in [4.69, 9.17) is 19.7 Å². The van der Waals surface area contributed by atoms with Gasteiger partial charge < -0.3 is 19.3 Å². The second-order valence-corrected chi connectivity index (χ2v) is 5.44. The maximum absolute atomic E-state index is 10.4. The van der Waals surface area contributed by atoms with Crippen molar-refractivity contribution < 1.29 is 19.3 Å². The third-order valence-corrected chi connectivity index (χ3v) is 4.04. The lowest BCUT2D eigenvalue weighted by atomic mass is 9.97. The van der Waals surface area contributed by atoms with Gasteiger partial charge in [-0.2, -0.15) is 0 Å². The van der Waals surface area contributed by atoms with Gasteiger partial charge in [0.2, 0.25) is 0 Å². The number of rotatable bonds is 2. The molecule has 1 N–H and O–H groups in total. The zero-order valence-electron chi connectivity index (χ0n) is 11.0. The molecule has 112 valence electrons. The number of benzene rings is 1. The highest BCUT2D eigenvalue weighted by atomic mass is 32.1. The third kappa shape index (κ3) is 2.87. The van der Waals surface area contributed by atoms with E-state index in [-0.39, 0.29) is 6.61 Å². The number of aliphatic hydroxyl groups is 1. The summed E-state index contributed by atoms with van der Waals surface area (Å²) in [5, 5.41) is 13.9. The van der Waals surface area contributed by atoms with Crippen LogP contribution in [-0.2, 0) is 14.2 Å². The lowest BCUT2D eigenvalue weighted by Crippen LogP contribution is -2.59. The third-order valence-electron chi connectivity index (χ3n) is 3.61. The van der Waals surface area contributed by atoms with E-state index < -0.39 is 36.1 Å². The molecule has 2 heterocycles. The van der Waals surface area contributed by atoms with Gasteiger partial charge in [0.25, 0.3) is 0 Å². The highest BCUT2D eigenvalue weighted by Gasteiger charge is 2.48. The molecule has 0 bridgehead atoms. The van der Waals surface area contributed by atoms with Crippen molar-refractivity contribution in [1.82, 2.24) is 0 Å². The van der Waals surface area contributed by atoms with Crippen LogP contribution in [0.4, 0.5) is 0 Å². The summed E-state index contributed by atoms with van der Waals surface area (Å²) >= 11 is 4.20. The predicted molar refractivity (Wildman–Crippen MR) is 76.6 cm³/mol. The first kappa shape index (κ1) is 14.6. The molecule has 2 aliphatic heterocycles. The molecular formula is C13H15N3O4S. The molecular weight excluding hydrogens is 294 g/mol. The molecule has 2 fully saturated rings. The van der Waals surface area contributed by atoms with Crippen molar-refractivity contribution >= 4 is 12.6 Å². The lowest BCUT2D eigenvalue weighted by molar-refractivity contribution is -0.305. The summed E-state index contributed by atoms with van der Waals surface area (Å²) in [6, 6.07) is 8.63. The van der Waals surface area contributed by atoms with Crippen molar-refractivity contribution in [3.8, 4) is 0 Å². The fourth-order valence-electron chi connectivity index (χ4n) is 2.56. The molecule has 0 amide bonds. The standard InChI is InChI=1S/C13H15N3O4S/c14-16-15-9-10(17)11-8(19-13(9)21)6-18-12(20-11)7-4-2-1-3-5-7/h1-5,8-13,17,21H,6H2/t8-,9-,10-,11-,12?,13+/m1/s1. The molecule has 1 aromatic carbocycles. The van der Waals surface area contributed by atoms with Gasteiger partial charge in [-0.05, 0) is 5.53 Å². The number of ether oxygens (including phenoxy) is 3. The fraction of sp³-hybridized carbons (Fsp3) is 0.538. The Labute approximate surface area is 126 Å². The fourth-order valence-corrected chi connectivity index (χ4v) is 2.95. The molecule has 2 saturated heterocycles. The first-order valence-corrected chi connectivity index (χ1v) is 7.10. The summed E-state index contributed by atoms with van der Waals surface area (Å²) in [4.78, 5) is 2.72. The van der Waals surface area contributed by atoms with Crippen LogP contribution in [0.2, 0.25) is 0 Å². The van der Waals surface area contributed by atoms with Gasteiger partial charge in [0.15, 0.2) is 6.29 Å². The van der Waals surface area contributed by atoms with Crippen LogP contribution in [0.25, 0.3) is 10.4 Å². The van der Waals surface area contributed by atoms with Gasteiger partial charge >= 0.3 is 0 Å². The zero-order chi connectivity index (χ0) is 14.8. The van der Waals surface area contributed by atoms with Crippen LogP contribution in [0.1, 0.15) is 11.9 Å². The van der Waals surface area contributed by atoms with E-state index in [0.717, 1.165) is 5.56 Å². The van der Waals surface area contributed by atoms with Crippen molar-refractivity contribution in [2.45, 2.75) is 36.1 Å². The van der Waals surface area contributed by atoms with Gasteiger partial charge in [0, 0.05) is 10.5 Å². The Bertz CT molecular complexity index is 539. The molecule has 2 aliphatic rings. The molecule has 8 heteroatoms. The number of aliphatic hydroxyl groups excluding tert-OH is 1. The normalized spacial score (nSPS) is 39.1. The average molecular weight is 309 g/mol. The van der Waals surface area contributed by atoms with Crippen LogP contribution in [-0.4, -0.2) is 41.5 Å². The average Bonchev–Trinajstić information content (AvgIpc) is 2.52. The molecule has 3 rings (SSSR count). The van der Waals surface area contributed by atoms with Crippen molar-refractivity contribution in [2.75, 3.05) is 6.61 Å². The van der Waals surface area contributed by atoms with E-state index in [1.165, 1.54) is 0 Å². The lowest BCUT2D eigenvalue weighted by Gasteiger charge is -2.45. The minimum absolute atomic E-state index is 0.279. The first-order chi connectivity index (χ1) is 10.2. The Balaban J connectivity index is 1.78. The Kier molecular flexibility index (Phi) is 4.34. The minimum atomic E-state index is -0.989. The van der Waals surface area contributed by atoms with Gasteiger partial charge in [0.1, 0.15) is 23.7 Å². The highest BCUT2D eigenvalue weighted by molar-refractivity contribution is 7.80. The predicted octanol–water partition coefficient (Wildman–Crippen LogP) is 1.80. The van der Waals surface area contributed by atoms with Crippen LogP contribution in [0.3, 0.4) is 0 Å². The van der Waals surface area contributed by atoms with Gasteiger partial charge in [-0.15, -0.1) is 12.6 Å². The van der Waals surface area contributed by atoms with E-state index >= 15 is 0 Å². The molecule has 6 atom stereocenters. The number of fused-ring (bicyclic) bond motifs is 1. The SMILES string of the molecule is [N-]=[N+]=N[C@@H]1[C@@H](O)[C@@H]2OC(c3ccccc3)OC[C@H]2O[C@H]1S. The summed E-state index contributed by atoms with van der Waals surface area (Å²) in [7, 11) is 0. The van der Waals surface area contributed by atoms with E-state index in [1.807, 2.05) is 30.3 Å². The maximum Gasteiger partial charge on any atom is 0.184 e. The summed E-state index contributed by atoms with van der Waals surface area (Å²) in [5.41, 5.74) is 8.75. The number of hydrogen-bond acceptors (Lipinski definition) is 6. The second kappa shape index (κ2) is 6.23. The number of hydrogen-bond donors (Lipinski definition) is 2. The van der Waals surface area contributed by atoms with E-state index in [1.54, 1.807) is 0 Å². The molecule has 0 spiro atoms. The number of nitrogens with zero attached hydrogens (tertiary/aromatic N) is 3. The minimum Gasteiger partial charge on any atom is -0.390 e. The largest absolute Gasteiger partial charge is 0.390 e. The van der Waals surface area contributed by atoms with Crippen molar-refractivity contribution in [1.29, 1.82) is 0 Å². The molecule has 21 heavy (non-hydrogen) atoms. The molecule has 1 aromatic rings. The van der Waals surface area contributed by atoms with E-state index in [2.05, 4.69) is 22.7 Å². The molecule has 0 aliphatic carbocycles. The van der Waals surface area contributed by atoms with Crippen LogP contribution >= 0.6 is 12.6 Å². The molecule has 7 nitrogen and oxygen atoms in total. The molecule has 1 unspecified atom stereocenters.